The first-order chi connectivity index (χ1) is 11.8. The van der Waals surface area contributed by atoms with E-state index >= 15 is 0 Å². The zero-order valence-electron chi connectivity index (χ0n) is 13.4. The molecule has 0 aromatic heterocycles. The molecule has 1 amide bonds. The molecular formula is C15H19F3N4O3. The highest BCUT2D eigenvalue weighted by Gasteiger charge is 2.43. The molecular weight excluding hydrogens is 341 g/mol. The van der Waals surface area contributed by atoms with Crippen molar-refractivity contribution in [1.29, 1.82) is 0 Å². The molecule has 7 nitrogen and oxygen atoms in total. The van der Waals surface area contributed by atoms with Crippen LogP contribution in [-0.4, -0.2) is 60.7 Å². The number of nitro benzene ring substituents is 1. The average Bonchev–Trinajstić information content (AvgIpc) is 2.55. The van der Waals surface area contributed by atoms with Gasteiger partial charge in [-0.2, -0.15) is 13.2 Å². The zero-order valence-corrected chi connectivity index (χ0v) is 13.4. The topological polar surface area (TPSA) is 87.5 Å². The maximum Gasteiger partial charge on any atom is 0.405 e. The van der Waals surface area contributed by atoms with E-state index in [0.717, 1.165) is 0 Å². The number of amides is 1. The second-order valence-corrected chi connectivity index (χ2v) is 5.75. The Labute approximate surface area is 142 Å². The standard InChI is InChI=1S/C15H19F3N4O3/c16-15(17,18)13(21-7-5-19-6-8-21)10-20-14(23)9-11-1-3-12(4-2-11)22(24)25/h1-4,13,19H,5-10H2,(H,20,23). The van der Waals surface area contributed by atoms with Crippen LogP contribution < -0.4 is 10.6 Å². The summed E-state index contributed by atoms with van der Waals surface area (Å²) in [6.45, 7) is 0.965. The van der Waals surface area contributed by atoms with Crippen LogP contribution in [-0.2, 0) is 11.2 Å². The molecule has 0 saturated carbocycles. The van der Waals surface area contributed by atoms with Gasteiger partial charge in [0.25, 0.3) is 5.69 Å². The fraction of sp³-hybridized carbons (Fsp3) is 0.533. The summed E-state index contributed by atoms with van der Waals surface area (Å²) in [4.78, 5) is 23.2. The minimum atomic E-state index is -4.43. The van der Waals surface area contributed by atoms with Crippen molar-refractivity contribution in [1.82, 2.24) is 15.5 Å². The van der Waals surface area contributed by atoms with Gasteiger partial charge in [0.2, 0.25) is 5.91 Å². The van der Waals surface area contributed by atoms with Crippen molar-refractivity contribution in [2.24, 2.45) is 0 Å². The second kappa shape index (κ2) is 8.26. The number of alkyl halides is 3. The van der Waals surface area contributed by atoms with E-state index in [9.17, 15) is 28.1 Å². The number of rotatable bonds is 6. The summed E-state index contributed by atoms with van der Waals surface area (Å²) in [7, 11) is 0. The van der Waals surface area contributed by atoms with Crippen LogP contribution in [0.3, 0.4) is 0 Å². The van der Waals surface area contributed by atoms with Crippen molar-refractivity contribution in [2.45, 2.75) is 18.6 Å². The van der Waals surface area contributed by atoms with Gasteiger partial charge in [0.1, 0.15) is 6.04 Å². The molecule has 0 radical (unpaired) electrons. The maximum atomic E-state index is 13.2. The highest BCUT2D eigenvalue weighted by molar-refractivity contribution is 5.78. The van der Waals surface area contributed by atoms with Crippen LogP contribution in [0.25, 0.3) is 0 Å². The summed E-state index contributed by atoms with van der Waals surface area (Å²) in [5.74, 6) is -0.557. The lowest BCUT2D eigenvalue weighted by Crippen LogP contribution is -2.57. The Morgan fingerprint density at radius 3 is 2.40 bits per heavy atom. The first kappa shape index (κ1) is 19.1. The Bertz CT molecular complexity index is 601. The van der Waals surface area contributed by atoms with E-state index in [4.69, 9.17) is 0 Å². The number of nitrogens with one attached hydrogen (secondary N) is 2. The molecule has 2 rings (SSSR count). The Hall–Kier alpha value is -2.20. The summed E-state index contributed by atoms with van der Waals surface area (Å²) in [6.07, 6.45) is -4.57. The Kier molecular flexibility index (Phi) is 6.32. The zero-order chi connectivity index (χ0) is 18.4. The lowest BCUT2D eigenvalue weighted by atomic mass is 10.1. The van der Waals surface area contributed by atoms with Gasteiger partial charge in [-0.1, -0.05) is 12.1 Å². The van der Waals surface area contributed by atoms with Crippen molar-refractivity contribution in [3.05, 3.63) is 39.9 Å². The molecule has 1 unspecified atom stereocenters. The van der Waals surface area contributed by atoms with Crippen LogP contribution in [0.5, 0.6) is 0 Å². The molecule has 1 atom stereocenters. The number of carbonyl (C=O) groups excluding carboxylic acids is 1. The van der Waals surface area contributed by atoms with Gasteiger partial charge in [-0.15, -0.1) is 0 Å². The van der Waals surface area contributed by atoms with E-state index in [1.54, 1.807) is 0 Å². The van der Waals surface area contributed by atoms with E-state index in [1.807, 2.05) is 0 Å². The number of non-ortho nitro benzene ring substituents is 1. The number of hydrogen-bond donors (Lipinski definition) is 2. The molecule has 0 aliphatic carbocycles. The molecule has 10 heteroatoms. The molecule has 1 aromatic carbocycles. The summed E-state index contributed by atoms with van der Waals surface area (Å²) in [5.41, 5.74) is 0.383. The van der Waals surface area contributed by atoms with Gasteiger partial charge in [0, 0.05) is 44.9 Å². The molecule has 2 N–H and O–H groups in total. The van der Waals surface area contributed by atoms with Crippen molar-refractivity contribution in [3.63, 3.8) is 0 Å². The smallest absolute Gasteiger partial charge is 0.354 e. The van der Waals surface area contributed by atoms with Crippen molar-refractivity contribution in [2.75, 3.05) is 32.7 Å². The van der Waals surface area contributed by atoms with Crippen molar-refractivity contribution >= 4 is 11.6 Å². The molecule has 1 aliphatic heterocycles. The number of carbonyl (C=O) groups is 1. The first-order valence-corrected chi connectivity index (χ1v) is 7.79. The maximum absolute atomic E-state index is 13.2. The van der Waals surface area contributed by atoms with Gasteiger partial charge in [-0.3, -0.25) is 19.8 Å². The molecule has 1 aliphatic rings. The Morgan fingerprint density at radius 1 is 1.28 bits per heavy atom. The summed E-state index contributed by atoms with van der Waals surface area (Å²) in [6, 6.07) is 3.60. The largest absolute Gasteiger partial charge is 0.405 e. The predicted octanol–water partition coefficient (Wildman–Crippen LogP) is 1.09. The minimum absolute atomic E-state index is 0.111. The molecule has 1 saturated heterocycles. The Balaban J connectivity index is 1.90. The van der Waals surface area contributed by atoms with E-state index in [1.165, 1.54) is 29.2 Å². The number of hydrogen-bond acceptors (Lipinski definition) is 5. The third kappa shape index (κ3) is 5.68. The highest BCUT2D eigenvalue weighted by atomic mass is 19.4. The molecule has 1 aromatic rings. The summed E-state index contributed by atoms with van der Waals surface area (Å²) in [5, 5.41) is 15.9. The molecule has 1 heterocycles. The third-order valence-corrected chi connectivity index (χ3v) is 3.97. The number of benzene rings is 1. The van der Waals surface area contributed by atoms with Crippen molar-refractivity contribution < 1.29 is 22.9 Å². The van der Waals surface area contributed by atoms with E-state index in [-0.39, 0.29) is 25.2 Å². The van der Waals surface area contributed by atoms with Gasteiger partial charge in [-0.05, 0) is 5.56 Å². The lowest BCUT2D eigenvalue weighted by molar-refractivity contribution is -0.384. The van der Waals surface area contributed by atoms with Crippen LogP contribution in [0.1, 0.15) is 5.56 Å². The van der Waals surface area contributed by atoms with Crippen molar-refractivity contribution in [3.8, 4) is 0 Å². The minimum Gasteiger partial charge on any atom is -0.354 e. The average molecular weight is 360 g/mol. The quantitative estimate of drug-likeness (QED) is 0.586. The van der Waals surface area contributed by atoms with Gasteiger partial charge in [0.15, 0.2) is 0 Å². The van der Waals surface area contributed by atoms with Crippen LogP contribution in [0.2, 0.25) is 0 Å². The molecule has 25 heavy (non-hydrogen) atoms. The Morgan fingerprint density at radius 2 is 1.88 bits per heavy atom. The van der Waals surface area contributed by atoms with Gasteiger partial charge in [-0.25, -0.2) is 0 Å². The van der Waals surface area contributed by atoms with Crippen LogP contribution in [0.15, 0.2) is 24.3 Å². The van der Waals surface area contributed by atoms with E-state index < -0.39 is 29.6 Å². The normalized spacial score (nSPS) is 17.1. The summed E-state index contributed by atoms with van der Waals surface area (Å²) < 4.78 is 39.7. The molecule has 0 spiro atoms. The van der Waals surface area contributed by atoms with Crippen LogP contribution in [0.4, 0.5) is 18.9 Å². The number of nitrogens with zero attached hydrogens (tertiary/aromatic N) is 2. The SMILES string of the molecule is O=C(Cc1ccc([N+](=O)[O-])cc1)NCC(N1CCNCC1)C(F)(F)F. The monoisotopic (exact) mass is 360 g/mol. The number of halogens is 3. The van der Waals surface area contributed by atoms with Gasteiger partial charge in [0.05, 0.1) is 11.3 Å². The van der Waals surface area contributed by atoms with Gasteiger partial charge < -0.3 is 10.6 Å². The van der Waals surface area contributed by atoms with Crippen LogP contribution in [0, 0.1) is 10.1 Å². The van der Waals surface area contributed by atoms with E-state index in [2.05, 4.69) is 10.6 Å². The van der Waals surface area contributed by atoms with Crippen LogP contribution >= 0.6 is 0 Å². The third-order valence-electron chi connectivity index (χ3n) is 3.97. The van der Waals surface area contributed by atoms with Gasteiger partial charge >= 0.3 is 6.18 Å². The predicted molar refractivity (Wildman–Crippen MR) is 84.1 cm³/mol. The molecule has 0 bridgehead atoms. The first-order valence-electron chi connectivity index (χ1n) is 7.79. The fourth-order valence-electron chi connectivity index (χ4n) is 2.64. The lowest BCUT2D eigenvalue weighted by Gasteiger charge is -2.35. The number of nitro groups is 1. The summed E-state index contributed by atoms with van der Waals surface area (Å²) >= 11 is 0. The fourth-order valence-corrected chi connectivity index (χ4v) is 2.64. The number of piperazine rings is 1. The molecule has 138 valence electrons. The van der Waals surface area contributed by atoms with E-state index in [0.29, 0.717) is 18.7 Å². The molecule has 1 fully saturated rings. The highest BCUT2D eigenvalue weighted by Crippen LogP contribution is 2.24. The second-order valence-electron chi connectivity index (χ2n) is 5.75.